The third kappa shape index (κ3) is 1.86. The van der Waals surface area contributed by atoms with Crippen LogP contribution in [0.4, 0.5) is 8.78 Å². The number of carbonyl (C=O) groups excluding carboxylic acids is 1. The predicted molar refractivity (Wildman–Crippen MR) is 55.7 cm³/mol. The molecule has 0 saturated carbocycles. The monoisotopic (exact) mass is 240 g/mol. The molecule has 0 radical (unpaired) electrons. The number of hydrogen-bond acceptors (Lipinski definition) is 3. The largest absolute Gasteiger partial charge is 0.461 e. The molecule has 2 rings (SSSR count). The van der Waals surface area contributed by atoms with Crippen LogP contribution >= 0.6 is 0 Å². The molecule has 0 unspecified atom stereocenters. The van der Waals surface area contributed by atoms with Gasteiger partial charge in [0, 0.05) is 6.20 Å². The van der Waals surface area contributed by atoms with Crippen LogP contribution in [0.5, 0.6) is 0 Å². The van der Waals surface area contributed by atoms with Gasteiger partial charge in [0.25, 0.3) is 0 Å². The fourth-order valence-corrected chi connectivity index (χ4v) is 1.49. The Labute approximate surface area is 95.8 Å². The van der Waals surface area contributed by atoms with Crippen LogP contribution in [0.2, 0.25) is 0 Å². The van der Waals surface area contributed by atoms with E-state index in [1.54, 1.807) is 18.2 Å². The van der Waals surface area contributed by atoms with Crippen molar-refractivity contribution in [1.82, 2.24) is 9.38 Å². The maximum Gasteiger partial charge on any atom is 0.384 e. The Morgan fingerprint density at radius 3 is 3.00 bits per heavy atom. The van der Waals surface area contributed by atoms with Crippen LogP contribution in [0, 0.1) is 0 Å². The Bertz CT molecular complexity index is 551. The van der Waals surface area contributed by atoms with E-state index in [1.807, 2.05) is 0 Å². The molecule has 0 aliphatic heterocycles. The third-order valence-corrected chi connectivity index (χ3v) is 2.27. The first-order valence-corrected chi connectivity index (χ1v) is 5.05. The van der Waals surface area contributed by atoms with Gasteiger partial charge in [0.1, 0.15) is 11.3 Å². The fraction of sp³-hybridized carbons (Fsp3) is 0.273. The molecule has 6 heteroatoms. The van der Waals surface area contributed by atoms with Crippen LogP contribution in [-0.2, 0) is 15.5 Å². The van der Waals surface area contributed by atoms with Gasteiger partial charge in [-0.3, -0.25) is 4.40 Å². The van der Waals surface area contributed by atoms with E-state index in [1.165, 1.54) is 13.1 Å². The molecule has 90 valence electrons. The summed E-state index contributed by atoms with van der Waals surface area (Å²) >= 11 is 0. The maximum absolute atomic E-state index is 13.8. The number of halogens is 2. The van der Waals surface area contributed by atoms with E-state index in [4.69, 9.17) is 0 Å². The van der Waals surface area contributed by atoms with Crippen LogP contribution < -0.4 is 0 Å². The molecule has 2 aromatic heterocycles. The topological polar surface area (TPSA) is 43.6 Å². The van der Waals surface area contributed by atoms with E-state index in [0.717, 1.165) is 10.6 Å². The minimum atomic E-state index is -3.70. The highest BCUT2D eigenvalue weighted by Crippen LogP contribution is 2.29. The van der Waals surface area contributed by atoms with Gasteiger partial charge in [-0.25, -0.2) is 9.78 Å². The number of aromatic nitrogens is 2. The van der Waals surface area contributed by atoms with Crippen molar-refractivity contribution < 1.29 is 18.3 Å². The van der Waals surface area contributed by atoms with Gasteiger partial charge >= 0.3 is 11.9 Å². The summed E-state index contributed by atoms with van der Waals surface area (Å²) in [4.78, 5) is 15.0. The summed E-state index contributed by atoms with van der Waals surface area (Å²) < 4.78 is 33.0. The first-order valence-electron chi connectivity index (χ1n) is 5.05. The van der Waals surface area contributed by atoms with Crippen molar-refractivity contribution in [3.63, 3.8) is 0 Å². The number of carbonyl (C=O) groups is 1. The number of esters is 1. The number of rotatable bonds is 3. The van der Waals surface area contributed by atoms with Crippen LogP contribution in [0.25, 0.3) is 5.65 Å². The molecule has 17 heavy (non-hydrogen) atoms. The minimum absolute atomic E-state index is 0.0921. The zero-order valence-corrected chi connectivity index (χ0v) is 9.06. The van der Waals surface area contributed by atoms with Crippen molar-refractivity contribution in [2.45, 2.75) is 12.8 Å². The summed E-state index contributed by atoms with van der Waals surface area (Å²) in [7, 11) is 0. The highest BCUT2D eigenvalue weighted by atomic mass is 19.3. The van der Waals surface area contributed by atoms with Crippen LogP contribution in [0.3, 0.4) is 0 Å². The molecule has 0 aliphatic rings. The standard InChI is InChI=1S/C11H10F2N2O2/c1-2-17-10(16)11(12,13)8-7-14-9-5-3-4-6-15(8)9/h3-7H,2H2,1H3. The lowest BCUT2D eigenvalue weighted by Gasteiger charge is -2.13. The van der Waals surface area contributed by atoms with Gasteiger partial charge in [-0.1, -0.05) is 6.07 Å². The number of ether oxygens (including phenoxy) is 1. The van der Waals surface area contributed by atoms with E-state index in [0.29, 0.717) is 5.65 Å². The number of nitrogens with zero attached hydrogens (tertiary/aromatic N) is 2. The quantitative estimate of drug-likeness (QED) is 0.770. The molecule has 0 aromatic carbocycles. The molecule has 0 fully saturated rings. The average Bonchev–Trinajstić information content (AvgIpc) is 2.73. The highest BCUT2D eigenvalue weighted by molar-refractivity contribution is 5.79. The lowest BCUT2D eigenvalue weighted by atomic mass is 10.2. The summed E-state index contributed by atoms with van der Waals surface area (Å²) in [6.45, 7) is 1.38. The Morgan fingerprint density at radius 2 is 2.29 bits per heavy atom. The second-order valence-electron chi connectivity index (χ2n) is 3.37. The van der Waals surface area contributed by atoms with Gasteiger partial charge in [0.05, 0.1) is 12.8 Å². The summed E-state index contributed by atoms with van der Waals surface area (Å²) in [6, 6.07) is 4.83. The van der Waals surface area contributed by atoms with Crippen LogP contribution in [-0.4, -0.2) is 22.0 Å². The summed E-state index contributed by atoms with van der Waals surface area (Å²) in [5.41, 5.74) is -0.141. The van der Waals surface area contributed by atoms with Crippen molar-refractivity contribution in [3.8, 4) is 0 Å². The zero-order chi connectivity index (χ0) is 12.5. The molecule has 0 aliphatic carbocycles. The molecule has 0 N–H and O–H groups in total. The number of hydrogen-bond donors (Lipinski definition) is 0. The third-order valence-electron chi connectivity index (χ3n) is 2.27. The molecule has 4 nitrogen and oxygen atoms in total. The SMILES string of the molecule is CCOC(=O)C(F)(F)c1cnc2ccccn12. The molecule has 0 amide bonds. The lowest BCUT2D eigenvalue weighted by molar-refractivity contribution is -0.173. The lowest BCUT2D eigenvalue weighted by Crippen LogP contribution is -2.29. The fourth-order valence-electron chi connectivity index (χ4n) is 1.49. The van der Waals surface area contributed by atoms with Crippen molar-refractivity contribution >= 4 is 11.6 Å². The minimum Gasteiger partial charge on any atom is -0.461 e. The predicted octanol–water partition coefficient (Wildman–Crippen LogP) is 1.99. The summed E-state index contributed by atoms with van der Waals surface area (Å²) in [6.07, 6.45) is 2.40. The molecule has 0 saturated heterocycles. The molecular weight excluding hydrogens is 230 g/mol. The normalized spacial score (nSPS) is 11.7. The Balaban J connectivity index is 2.48. The van der Waals surface area contributed by atoms with Crippen LogP contribution in [0.1, 0.15) is 12.6 Å². The average molecular weight is 240 g/mol. The van der Waals surface area contributed by atoms with E-state index in [9.17, 15) is 13.6 Å². The van der Waals surface area contributed by atoms with Crippen molar-refractivity contribution in [2.24, 2.45) is 0 Å². The Kier molecular flexibility index (Phi) is 2.79. The van der Waals surface area contributed by atoms with Gasteiger partial charge in [-0.15, -0.1) is 0 Å². The first-order chi connectivity index (χ1) is 8.07. The summed E-state index contributed by atoms with van der Waals surface area (Å²) in [5.74, 6) is -5.26. The number of alkyl halides is 2. The summed E-state index contributed by atoms with van der Waals surface area (Å²) in [5, 5.41) is 0. The van der Waals surface area contributed by atoms with Gasteiger partial charge in [0.2, 0.25) is 0 Å². The zero-order valence-electron chi connectivity index (χ0n) is 9.06. The van der Waals surface area contributed by atoms with E-state index >= 15 is 0 Å². The van der Waals surface area contributed by atoms with E-state index in [2.05, 4.69) is 9.72 Å². The number of pyridine rings is 1. The van der Waals surface area contributed by atoms with Gasteiger partial charge < -0.3 is 4.74 Å². The molecule has 0 atom stereocenters. The molecule has 0 spiro atoms. The second-order valence-corrected chi connectivity index (χ2v) is 3.37. The van der Waals surface area contributed by atoms with Gasteiger partial charge in [-0.05, 0) is 19.1 Å². The number of imidazole rings is 1. The van der Waals surface area contributed by atoms with Gasteiger partial charge in [-0.2, -0.15) is 8.78 Å². The first kappa shape index (κ1) is 11.5. The highest BCUT2D eigenvalue weighted by Gasteiger charge is 2.45. The van der Waals surface area contributed by atoms with E-state index in [-0.39, 0.29) is 6.61 Å². The van der Waals surface area contributed by atoms with Crippen molar-refractivity contribution in [1.29, 1.82) is 0 Å². The van der Waals surface area contributed by atoms with Crippen molar-refractivity contribution in [3.05, 3.63) is 36.3 Å². The molecule has 2 aromatic rings. The molecular formula is C11H10F2N2O2. The van der Waals surface area contributed by atoms with E-state index < -0.39 is 17.6 Å². The van der Waals surface area contributed by atoms with Crippen molar-refractivity contribution in [2.75, 3.05) is 6.61 Å². The smallest absolute Gasteiger partial charge is 0.384 e. The van der Waals surface area contributed by atoms with Crippen LogP contribution in [0.15, 0.2) is 30.6 Å². The Hall–Kier alpha value is -1.98. The van der Waals surface area contributed by atoms with Gasteiger partial charge in [0.15, 0.2) is 0 Å². The Morgan fingerprint density at radius 1 is 1.53 bits per heavy atom. The number of fused-ring (bicyclic) bond motifs is 1. The molecule has 0 bridgehead atoms. The maximum atomic E-state index is 13.8. The second kappa shape index (κ2) is 4.12. The molecule has 2 heterocycles.